The number of nitrogen functional groups attached to an aromatic ring is 1. The molecule has 0 spiro atoms. The van der Waals surface area contributed by atoms with E-state index in [1.165, 1.54) is 0 Å². The maximum Gasteiger partial charge on any atom is 0.417 e. The Morgan fingerprint density at radius 2 is 2.37 bits per heavy atom. The highest BCUT2D eigenvalue weighted by Gasteiger charge is 2.24. The molecule has 0 radical (unpaired) electrons. The molecule has 1 unspecified atom stereocenters. The molecule has 1 fully saturated rings. The molecule has 1 aromatic heterocycles. The number of nitrogens with two attached hydrogens (primary N) is 1. The van der Waals surface area contributed by atoms with Crippen LogP contribution < -0.4 is 16.4 Å². The third-order valence-electron chi connectivity index (χ3n) is 3.58. The Morgan fingerprint density at radius 1 is 1.53 bits per heavy atom. The summed E-state index contributed by atoms with van der Waals surface area (Å²) in [5.41, 5.74) is 8.81. The van der Waals surface area contributed by atoms with Gasteiger partial charge in [-0.1, -0.05) is 6.92 Å². The Kier molecular flexibility index (Phi) is 2.94. The monoisotopic (exact) mass is 263 g/mol. The maximum absolute atomic E-state index is 11.2. The second kappa shape index (κ2) is 4.62. The number of hydrogen-bond donors (Lipinski definition) is 2. The van der Waals surface area contributed by atoms with E-state index >= 15 is 0 Å². The zero-order chi connectivity index (χ0) is 13.4. The summed E-state index contributed by atoms with van der Waals surface area (Å²) >= 11 is 0. The summed E-state index contributed by atoms with van der Waals surface area (Å²) in [5, 5.41) is 0. The average molecular weight is 263 g/mol. The molecule has 2 aromatic rings. The summed E-state index contributed by atoms with van der Waals surface area (Å²) in [4.78, 5) is 16.1. The highest BCUT2D eigenvalue weighted by molar-refractivity contribution is 5.85. The van der Waals surface area contributed by atoms with Gasteiger partial charge in [-0.15, -0.1) is 0 Å². The van der Waals surface area contributed by atoms with Crippen molar-refractivity contribution in [2.45, 2.75) is 19.4 Å². The maximum atomic E-state index is 11.2. The molecule has 6 heteroatoms. The van der Waals surface area contributed by atoms with Crippen LogP contribution in [0.4, 0.5) is 11.4 Å². The standard InChI is InChI=1S/C13H17N3O3/c1-2-8-7-18-4-3-16(8)11-6-10-12(5-9(11)14)19-13(17)15-10/h5-6,8H,2-4,7,14H2,1H3,(H,15,17). The van der Waals surface area contributed by atoms with Crippen molar-refractivity contribution in [1.82, 2.24) is 4.98 Å². The third-order valence-corrected chi connectivity index (χ3v) is 3.58. The minimum Gasteiger partial charge on any atom is -0.408 e. The van der Waals surface area contributed by atoms with Crippen LogP contribution in [0.2, 0.25) is 0 Å². The molecule has 0 aliphatic carbocycles. The summed E-state index contributed by atoms with van der Waals surface area (Å²) < 4.78 is 10.5. The van der Waals surface area contributed by atoms with Gasteiger partial charge in [0.15, 0.2) is 5.58 Å². The van der Waals surface area contributed by atoms with Crippen LogP contribution in [0.5, 0.6) is 0 Å². The zero-order valence-electron chi connectivity index (χ0n) is 10.8. The zero-order valence-corrected chi connectivity index (χ0v) is 10.8. The molecule has 1 aromatic carbocycles. The Labute approximate surface area is 110 Å². The van der Waals surface area contributed by atoms with Gasteiger partial charge in [0.25, 0.3) is 0 Å². The SMILES string of the molecule is CCC1COCCN1c1cc2[nH]c(=O)oc2cc1N. The lowest BCUT2D eigenvalue weighted by Gasteiger charge is -2.37. The van der Waals surface area contributed by atoms with Crippen molar-refractivity contribution in [2.75, 3.05) is 30.4 Å². The van der Waals surface area contributed by atoms with Crippen LogP contribution in [0, 0.1) is 0 Å². The molecule has 3 N–H and O–H groups in total. The van der Waals surface area contributed by atoms with Crippen molar-refractivity contribution < 1.29 is 9.15 Å². The van der Waals surface area contributed by atoms with Gasteiger partial charge in [0.05, 0.1) is 36.1 Å². The van der Waals surface area contributed by atoms with E-state index in [4.69, 9.17) is 14.9 Å². The molecular formula is C13H17N3O3. The van der Waals surface area contributed by atoms with Gasteiger partial charge in [0.2, 0.25) is 0 Å². The molecule has 0 saturated carbocycles. The van der Waals surface area contributed by atoms with Gasteiger partial charge in [0, 0.05) is 12.6 Å². The molecule has 6 nitrogen and oxygen atoms in total. The fourth-order valence-electron chi connectivity index (χ4n) is 2.56. The predicted molar refractivity (Wildman–Crippen MR) is 73.5 cm³/mol. The number of rotatable bonds is 2. The summed E-state index contributed by atoms with van der Waals surface area (Å²) in [6.45, 7) is 4.32. The van der Waals surface area contributed by atoms with Gasteiger partial charge >= 0.3 is 5.76 Å². The molecule has 1 aliphatic rings. The highest BCUT2D eigenvalue weighted by atomic mass is 16.5. The molecule has 1 atom stereocenters. The van der Waals surface area contributed by atoms with Crippen LogP contribution >= 0.6 is 0 Å². The van der Waals surface area contributed by atoms with Crippen molar-refractivity contribution in [1.29, 1.82) is 0 Å². The number of aromatic nitrogens is 1. The Hall–Kier alpha value is -1.95. The Balaban J connectivity index is 2.07. The van der Waals surface area contributed by atoms with Gasteiger partial charge in [-0.25, -0.2) is 4.79 Å². The van der Waals surface area contributed by atoms with E-state index in [0.29, 0.717) is 36.0 Å². The fraction of sp³-hybridized carbons (Fsp3) is 0.462. The van der Waals surface area contributed by atoms with Crippen LogP contribution in [0.25, 0.3) is 11.1 Å². The Morgan fingerprint density at radius 3 is 3.16 bits per heavy atom. The largest absolute Gasteiger partial charge is 0.417 e. The summed E-state index contributed by atoms with van der Waals surface area (Å²) in [5.74, 6) is -0.458. The normalized spacial score (nSPS) is 20.1. The number of nitrogens with one attached hydrogen (secondary N) is 1. The molecule has 0 amide bonds. The molecule has 3 rings (SSSR count). The van der Waals surface area contributed by atoms with E-state index in [0.717, 1.165) is 18.7 Å². The number of ether oxygens (including phenoxy) is 1. The smallest absolute Gasteiger partial charge is 0.408 e. The first-order valence-electron chi connectivity index (χ1n) is 6.45. The van der Waals surface area contributed by atoms with Crippen molar-refractivity contribution in [3.63, 3.8) is 0 Å². The average Bonchev–Trinajstić information content (AvgIpc) is 2.77. The number of nitrogens with zero attached hydrogens (tertiary/aromatic N) is 1. The number of oxazole rings is 1. The van der Waals surface area contributed by atoms with Gasteiger partial charge in [0.1, 0.15) is 0 Å². The van der Waals surface area contributed by atoms with Crippen molar-refractivity contribution in [2.24, 2.45) is 0 Å². The number of H-pyrrole nitrogens is 1. The van der Waals surface area contributed by atoms with E-state index in [-0.39, 0.29) is 0 Å². The van der Waals surface area contributed by atoms with E-state index in [9.17, 15) is 4.79 Å². The number of fused-ring (bicyclic) bond motifs is 1. The summed E-state index contributed by atoms with van der Waals surface area (Å²) in [7, 11) is 0. The van der Waals surface area contributed by atoms with Crippen LogP contribution in [-0.4, -0.2) is 30.8 Å². The van der Waals surface area contributed by atoms with Crippen LogP contribution in [0.3, 0.4) is 0 Å². The number of morpholine rings is 1. The van der Waals surface area contributed by atoms with Crippen molar-refractivity contribution in [3.8, 4) is 0 Å². The van der Waals surface area contributed by atoms with Gasteiger partial charge < -0.3 is 19.8 Å². The molecule has 102 valence electrons. The fourth-order valence-corrected chi connectivity index (χ4v) is 2.56. The molecular weight excluding hydrogens is 246 g/mol. The van der Waals surface area contributed by atoms with Crippen LogP contribution in [-0.2, 0) is 4.74 Å². The molecule has 19 heavy (non-hydrogen) atoms. The second-order valence-corrected chi connectivity index (χ2v) is 4.75. The third kappa shape index (κ3) is 2.08. The van der Waals surface area contributed by atoms with E-state index in [1.54, 1.807) is 6.07 Å². The lowest BCUT2D eigenvalue weighted by molar-refractivity contribution is 0.0931. The van der Waals surface area contributed by atoms with Crippen LogP contribution in [0.15, 0.2) is 21.3 Å². The van der Waals surface area contributed by atoms with Crippen LogP contribution in [0.1, 0.15) is 13.3 Å². The lowest BCUT2D eigenvalue weighted by Crippen LogP contribution is -2.45. The number of aromatic amines is 1. The number of benzene rings is 1. The topological polar surface area (TPSA) is 84.5 Å². The van der Waals surface area contributed by atoms with Crippen molar-refractivity contribution in [3.05, 3.63) is 22.7 Å². The molecule has 0 bridgehead atoms. The van der Waals surface area contributed by atoms with Gasteiger partial charge in [-0.2, -0.15) is 0 Å². The molecule has 2 heterocycles. The first kappa shape index (κ1) is 12.1. The van der Waals surface area contributed by atoms with Gasteiger partial charge in [-0.3, -0.25) is 4.98 Å². The predicted octanol–water partition coefficient (Wildman–Crippen LogP) is 1.32. The number of hydrogen-bond acceptors (Lipinski definition) is 5. The minimum atomic E-state index is -0.458. The lowest BCUT2D eigenvalue weighted by atomic mass is 10.1. The van der Waals surface area contributed by atoms with E-state index in [2.05, 4.69) is 16.8 Å². The van der Waals surface area contributed by atoms with Gasteiger partial charge in [-0.05, 0) is 12.5 Å². The first-order chi connectivity index (χ1) is 9.19. The van der Waals surface area contributed by atoms with E-state index < -0.39 is 5.76 Å². The van der Waals surface area contributed by atoms with Crippen molar-refractivity contribution >= 4 is 22.5 Å². The molecule has 1 aliphatic heterocycles. The first-order valence-corrected chi connectivity index (χ1v) is 6.45. The van der Waals surface area contributed by atoms with E-state index in [1.807, 2.05) is 6.07 Å². The Bertz CT molecular complexity index is 646. The minimum absolute atomic E-state index is 0.312. The molecule has 1 saturated heterocycles. The quantitative estimate of drug-likeness (QED) is 0.798. The highest BCUT2D eigenvalue weighted by Crippen LogP contribution is 2.31. The summed E-state index contributed by atoms with van der Waals surface area (Å²) in [6.07, 6.45) is 0.985. The number of anilines is 2. The summed E-state index contributed by atoms with van der Waals surface area (Å²) in [6, 6.07) is 3.89. The second-order valence-electron chi connectivity index (χ2n) is 4.75.